The molecule has 3 nitrogen and oxygen atoms in total. The Labute approximate surface area is 109 Å². The smallest absolute Gasteiger partial charge is 0.0675 e. The molecular formula is C8H28Cl3N3. The molecule has 0 unspecified atom stereocenters. The van der Waals surface area contributed by atoms with E-state index in [1.807, 2.05) is 0 Å². The van der Waals surface area contributed by atoms with Crippen molar-refractivity contribution in [3.05, 3.63) is 0 Å². The highest BCUT2D eigenvalue weighted by Gasteiger charge is 1.88. The lowest BCUT2D eigenvalue weighted by Crippen LogP contribution is -3.00. The molecule has 0 rings (SSSR count). The monoisotopic (exact) mass is 271 g/mol. The Kier molecular flexibility index (Phi) is 35.8. The third-order valence-electron chi connectivity index (χ3n) is 0. The third kappa shape index (κ3) is 3130. The first kappa shape index (κ1) is 36.4. The molecule has 14 heavy (non-hydrogen) atoms. The van der Waals surface area contributed by atoms with E-state index in [1.165, 1.54) is 0 Å². The zero-order valence-corrected chi connectivity index (χ0v) is 13.1. The maximum Gasteiger partial charge on any atom is 0.0675 e. The Bertz CT molecular complexity index is 62.8. The van der Waals surface area contributed by atoms with Gasteiger partial charge >= 0.3 is 0 Å². The Morgan fingerprint density at radius 3 is 0.500 bits per heavy atom. The van der Waals surface area contributed by atoms with E-state index in [0.717, 1.165) is 8.97 Å². The fourth-order valence-electron chi connectivity index (χ4n) is 0. The molecule has 0 fully saturated rings. The van der Waals surface area contributed by atoms with Gasteiger partial charge in [0.05, 0.1) is 56.4 Å². The van der Waals surface area contributed by atoms with Gasteiger partial charge in [0.2, 0.25) is 0 Å². The lowest BCUT2D eigenvalue weighted by Gasteiger charge is -2.14. The molecule has 0 aromatic carbocycles. The Hall–Kier alpha value is 0.750. The summed E-state index contributed by atoms with van der Waals surface area (Å²) in [6.45, 7) is 0. The molecule has 0 aliphatic carbocycles. The number of halogens is 3. The van der Waals surface area contributed by atoms with E-state index >= 15 is 0 Å². The van der Waals surface area contributed by atoms with Crippen LogP contribution in [-0.2, 0) is 0 Å². The maximum atomic E-state index is 2.12. The molecule has 0 aromatic heterocycles. The van der Waals surface area contributed by atoms with Crippen LogP contribution >= 0.6 is 12.4 Å². The largest absolute Gasteiger partial charge is 1.00 e. The summed E-state index contributed by atoms with van der Waals surface area (Å²) in [4.78, 5) is 0. The van der Waals surface area contributed by atoms with Crippen molar-refractivity contribution in [1.82, 2.24) is 6.15 Å². The first-order valence-electron chi connectivity index (χ1n) is 3.58. The molecule has 0 aromatic rings. The summed E-state index contributed by atoms with van der Waals surface area (Å²) in [5, 5.41) is 0. The molecule has 0 spiro atoms. The fourth-order valence-corrected chi connectivity index (χ4v) is 0. The summed E-state index contributed by atoms with van der Waals surface area (Å²) >= 11 is 0. The summed E-state index contributed by atoms with van der Waals surface area (Å²) in [5.74, 6) is 0. The lowest BCUT2D eigenvalue weighted by molar-refractivity contribution is -0.849. The van der Waals surface area contributed by atoms with Crippen LogP contribution in [0.5, 0.6) is 0 Å². The van der Waals surface area contributed by atoms with Crippen molar-refractivity contribution in [1.29, 1.82) is 0 Å². The third-order valence-corrected chi connectivity index (χ3v) is 0. The van der Waals surface area contributed by atoms with Crippen LogP contribution < -0.4 is 31.0 Å². The van der Waals surface area contributed by atoms with Gasteiger partial charge in [0, 0.05) is 0 Å². The van der Waals surface area contributed by atoms with Crippen LogP contribution in [0.25, 0.3) is 0 Å². The number of hydrogen-bond donors (Lipinski definition) is 1. The summed E-state index contributed by atoms with van der Waals surface area (Å²) in [7, 11) is 17.0. The van der Waals surface area contributed by atoms with Gasteiger partial charge < -0.3 is 39.9 Å². The van der Waals surface area contributed by atoms with Gasteiger partial charge in [0.25, 0.3) is 0 Å². The molecule has 0 amide bonds. The minimum Gasteiger partial charge on any atom is -1.00 e. The van der Waals surface area contributed by atoms with Crippen LogP contribution in [-0.4, -0.2) is 65.3 Å². The van der Waals surface area contributed by atoms with Gasteiger partial charge in [-0.25, -0.2) is 0 Å². The van der Waals surface area contributed by atoms with Crippen molar-refractivity contribution in [3.63, 3.8) is 0 Å². The van der Waals surface area contributed by atoms with Gasteiger partial charge in [-0.3, -0.25) is 0 Å². The summed E-state index contributed by atoms with van der Waals surface area (Å²) in [5.41, 5.74) is 0. The van der Waals surface area contributed by atoms with Crippen molar-refractivity contribution >= 4 is 12.4 Å². The maximum absolute atomic E-state index is 2.12. The average molecular weight is 273 g/mol. The second kappa shape index (κ2) is 13.8. The van der Waals surface area contributed by atoms with Crippen LogP contribution in [0.2, 0.25) is 0 Å². The Morgan fingerprint density at radius 1 is 0.500 bits per heavy atom. The number of quaternary nitrogens is 2. The van der Waals surface area contributed by atoms with Crippen LogP contribution in [0, 0.1) is 0 Å². The van der Waals surface area contributed by atoms with E-state index in [1.54, 1.807) is 0 Å². The van der Waals surface area contributed by atoms with E-state index in [4.69, 9.17) is 0 Å². The molecule has 3 N–H and O–H groups in total. The normalized spacial score (nSPS) is 8.57. The zero-order valence-electron chi connectivity index (χ0n) is 10.8. The van der Waals surface area contributed by atoms with Crippen LogP contribution in [0.4, 0.5) is 0 Å². The van der Waals surface area contributed by atoms with E-state index < -0.39 is 0 Å². The van der Waals surface area contributed by atoms with Crippen LogP contribution in [0.15, 0.2) is 0 Å². The van der Waals surface area contributed by atoms with Gasteiger partial charge in [-0.2, -0.15) is 0 Å². The average Bonchev–Trinajstić information content (AvgIpc) is 1.12. The zero-order chi connectivity index (χ0) is 9.00. The molecule has 6 heteroatoms. The fraction of sp³-hybridized carbons (Fsp3) is 1.00. The molecule has 96 valence electrons. The minimum atomic E-state index is 0. The SMILES string of the molecule is C[N+](C)(C)C.C[N+](C)(C)C.Cl.N.[Cl-].[Cl-]. The number of nitrogens with zero attached hydrogens (tertiary/aromatic N) is 2. The van der Waals surface area contributed by atoms with E-state index in [0.29, 0.717) is 0 Å². The number of hydrogen-bond acceptors (Lipinski definition) is 1. The van der Waals surface area contributed by atoms with Crippen molar-refractivity contribution in [3.8, 4) is 0 Å². The van der Waals surface area contributed by atoms with Crippen LogP contribution in [0.3, 0.4) is 0 Å². The summed E-state index contributed by atoms with van der Waals surface area (Å²) in [6.07, 6.45) is 0. The van der Waals surface area contributed by atoms with Crippen molar-refractivity contribution in [2.24, 2.45) is 0 Å². The van der Waals surface area contributed by atoms with E-state index in [2.05, 4.69) is 56.4 Å². The molecule has 0 radical (unpaired) electrons. The summed E-state index contributed by atoms with van der Waals surface area (Å²) < 4.78 is 2.00. The Morgan fingerprint density at radius 2 is 0.500 bits per heavy atom. The molecule has 0 aliphatic rings. The Balaban J connectivity index is -0.0000000178. The molecule has 0 saturated carbocycles. The first-order valence-corrected chi connectivity index (χ1v) is 3.58. The molecule has 0 aliphatic heterocycles. The van der Waals surface area contributed by atoms with Crippen molar-refractivity contribution in [2.75, 3.05) is 56.4 Å². The predicted molar refractivity (Wildman–Crippen MR) is 60.2 cm³/mol. The summed E-state index contributed by atoms with van der Waals surface area (Å²) in [6, 6.07) is 0. The highest BCUT2D eigenvalue weighted by molar-refractivity contribution is 5.85. The molecular weight excluding hydrogens is 244 g/mol. The van der Waals surface area contributed by atoms with E-state index in [-0.39, 0.29) is 43.4 Å². The van der Waals surface area contributed by atoms with Crippen LogP contribution in [0.1, 0.15) is 0 Å². The molecule has 0 atom stereocenters. The topological polar surface area (TPSA) is 35.0 Å². The second-order valence-electron chi connectivity index (χ2n) is 5.37. The quantitative estimate of drug-likeness (QED) is 0.442. The minimum absolute atomic E-state index is 0. The predicted octanol–water partition coefficient (Wildman–Crippen LogP) is -4.76. The molecule has 0 bridgehead atoms. The molecule has 0 heterocycles. The van der Waals surface area contributed by atoms with Gasteiger partial charge in [-0.05, 0) is 0 Å². The van der Waals surface area contributed by atoms with Crippen molar-refractivity contribution < 1.29 is 33.8 Å². The molecule has 0 saturated heterocycles. The van der Waals surface area contributed by atoms with E-state index in [9.17, 15) is 0 Å². The standard InChI is InChI=1S/2C4H12N.3ClH.H3N/c2*1-5(2,3)4;;;;/h2*1-4H3;3*1H;1H3/q2*+1;;;;/p-2. The second-order valence-corrected chi connectivity index (χ2v) is 5.37. The number of rotatable bonds is 0. The van der Waals surface area contributed by atoms with Gasteiger partial charge in [-0.1, -0.05) is 0 Å². The lowest BCUT2D eigenvalue weighted by atomic mass is 10.8. The van der Waals surface area contributed by atoms with Gasteiger partial charge in [0.1, 0.15) is 0 Å². The van der Waals surface area contributed by atoms with Gasteiger partial charge in [0.15, 0.2) is 0 Å². The van der Waals surface area contributed by atoms with Crippen molar-refractivity contribution in [2.45, 2.75) is 0 Å². The highest BCUT2D eigenvalue weighted by Crippen LogP contribution is 1.74. The first-order chi connectivity index (χ1) is 4.00. The highest BCUT2D eigenvalue weighted by atomic mass is 35.5. The van der Waals surface area contributed by atoms with Gasteiger partial charge in [-0.15, -0.1) is 12.4 Å².